The molecule has 0 unspecified atom stereocenters. The van der Waals surface area contributed by atoms with Crippen molar-refractivity contribution in [3.8, 4) is 0 Å². The van der Waals surface area contributed by atoms with Crippen molar-refractivity contribution in [3.63, 3.8) is 0 Å². The van der Waals surface area contributed by atoms with Crippen molar-refractivity contribution in [3.05, 3.63) is 57.5 Å². The van der Waals surface area contributed by atoms with Crippen molar-refractivity contribution in [2.24, 2.45) is 0 Å². The third kappa shape index (κ3) is 6.40. The third-order valence-corrected chi connectivity index (χ3v) is 5.33. The molecular weight excluding hydrogens is 415 g/mol. The molecule has 0 fully saturated rings. The number of carbonyl (C=O) groups excluding carboxylic acids is 2. The van der Waals surface area contributed by atoms with Crippen molar-refractivity contribution in [1.29, 1.82) is 0 Å². The van der Waals surface area contributed by atoms with E-state index < -0.39 is 0 Å². The predicted octanol–water partition coefficient (Wildman–Crippen LogP) is 5.23. The SMILES string of the molecule is CN(CC(=O)Nc1c(Cl)cccc1Cl)C(=O)CCSc1ccc(Cl)cc1. The maximum absolute atomic E-state index is 12.2. The topological polar surface area (TPSA) is 49.4 Å². The van der Waals surface area contributed by atoms with Gasteiger partial charge in [-0.1, -0.05) is 40.9 Å². The highest BCUT2D eigenvalue weighted by atomic mass is 35.5. The number of hydrogen-bond donors (Lipinski definition) is 1. The molecular formula is C18H17Cl3N2O2S. The van der Waals surface area contributed by atoms with E-state index in [9.17, 15) is 9.59 Å². The molecule has 0 radical (unpaired) electrons. The Bertz CT molecular complexity index is 764. The lowest BCUT2D eigenvalue weighted by molar-refractivity contribution is -0.132. The monoisotopic (exact) mass is 430 g/mol. The maximum Gasteiger partial charge on any atom is 0.244 e. The molecule has 0 spiro atoms. The van der Waals surface area contributed by atoms with Crippen molar-refractivity contribution in [2.45, 2.75) is 11.3 Å². The molecule has 2 rings (SSSR count). The van der Waals surface area contributed by atoms with Crippen LogP contribution in [0, 0.1) is 0 Å². The zero-order valence-corrected chi connectivity index (χ0v) is 17.1. The van der Waals surface area contributed by atoms with Crippen LogP contribution in [0.15, 0.2) is 47.4 Å². The largest absolute Gasteiger partial charge is 0.336 e. The molecule has 0 heterocycles. The van der Waals surface area contributed by atoms with E-state index in [2.05, 4.69) is 5.32 Å². The minimum atomic E-state index is -0.360. The lowest BCUT2D eigenvalue weighted by Gasteiger charge is -2.17. The molecule has 2 aromatic rings. The van der Waals surface area contributed by atoms with Gasteiger partial charge in [0.2, 0.25) is 11.8 Å². The van der Waals surface area contributed by atoms with Crippen LogP contribution in [0.4, 0.5) is 5.69 Å². The van der Waals surface area contributed by atoms with Gasteiger partial charge in [-0.05, 0) is 36.4 Å². The Morgan fingerprint density at radius 2 is 1.65 bits per heavy atom. The average Bonchev–Trinajstić information content (AvgIpc) is 2.60. The number of para-hydroxylation sites is 1. The molecule has 1 N–H and O–H groups in total. The Hall–Kier alpha value is -1.40. The molecule has 8 heteroatoms. The highest BCUT2D eigenvalue weighted by Gasteiger charge is 2.15. The van der Waals surface area contributed by atoms with Gasteiger partial charge in [-0.3, -0.25) is 9.59 Å². The first-order valence-corrected chi connectivity index (χ1v) is 9.85. The number of carbonyl (C=O) groups is 2. The lowest BCUT2D eigenvalue weighted by atomic mass is 10.3. The van der Waals surface area contributed by atoms with Crippen LogP contribution in [-0.4, -0.2) is 36.1 Å². The fourth-order valence-electron chi connectivity index (χ4n) is 2.08. The molecule has 0 aromatic heterocycles. The number of halogens is 3. The van der Waals surface area contributed by atoms with Crippen LogP contribution in [0.5, 0.6) is 0 Å². The normalized spacial score (nSPS) is 10.5. The van der Waals surface area contributed by atoms with Gasteiger partial charge in [0.15, 0.2) is 0 Å². The van der Waals surface area contributed by atoms with Gasteiger partial charge in [0.05, 0.1) is 22.3 Å². The number of thioether (sulfide) groups is 1. The van der Waals surface area contributed by atoms with Gasteiger partial charge in [-0.15, -0.1) is 11.8 Å². The zero-order chi connectivity index (χ0) is 19.1. The van der Waals surface area contributed by atoms with Crippen LogP contribution < -0.4 is 5.32 Å². The molecule has 2 amide bonds. The molecule has 4 nitrogen and oxygen atoms in total. The first kappa shape index (κ1) is 20.9. The summed E-state index contributed by atoms with van der Waals surface area (Å²) in [5, 5.41) is 4.01. The maximum atomic E-state index is 12.2. The molecule has 0 atom stereocenters. The van der Waals surface area contributed by atoms with E-state index in [0.717, 1.165) is 4.90 Å². The van der Waals surface area contributed by atoms with Gasteiger partial charge in [0, 0.05) is 29.1 Å². The Balaban J connectivity index is 1.79. The number of benzene rings is 2. The molecule has 0 aliphatic rings. The van der Waals surface area contributed by atoms with Crippen LogP contribution >= 0.6 is 46.6 Å². The molecule has 0 aliphatic carbocycles. The molecule has 2 aromatic carbocycles. The van der Waals surface area contributed by atoms with Crippen molar-refractivity contribution >= 4 is 64.1 Å². The first-order valence-electron chi connectivity index (χ1n) is 7.73. The molecule has 26 heavy (non-hydrogen) atoms. The smallest absolute Gasteiger partial charge is 0.244 e. The molecule has 0 bridgehead atoms. The fourth-order valence-corrected chi connectivity index (χ4v) is 3.54. The molecule has 0 aliphatic heterocycles. The predicted molar refractivity (Wildman–Crippen MR) is 110 cm³/mol. The Kier molecular flexibility index (Phi) is 8.10. The standard InChI is InChI=1S/C18H17Cl3N2O2S/c1-23(11-16(24)22-18-14(20)3-2-4-15(18)21)17(25)9-10-26-13-7-5-12(19)6-8-13/h2-8H,9-11H2,1H3,(H,22,24). The van der Waals surface area contributed by atoms with Crippen LogP contribution in [0.1, 0.15) is 6.42 Å². The lowest BCUT2D eigenvalue weighted by Crippen LogP contribution is -2.35. The van der Waals surface area contributed by atoms with Gasteiger partial charge in [-0.2, -0.15) is 0 Å². The van der Waals surface area contributed by atoms with Gasteiger partial charge >= 0.3 is 0 Å². The van der Waals surface area contributed by atoms with E-state index in [-0.39, 0.29) is 18.4 Å². The highest BCUT2D eigenvalue weighted by molar-refractivity contribution is 7.99. The van der Waals surface area contributed by atoms with Crippen LogP contribution in [0.2, 0.25) is 15.1 Å². The van der Waals surface area contributed by atoms with Gasteiger partial charge in [0.25, 0.3) is 0 Å². The summed E-state index contributed by atoms with van der Waals surface area (Å²) in [5.41, 5.74) is 0.347. The van der Waals surface area contributed by atoms with E-state index in [0.29, 0.717) is 32.9 Å². The average molecular weight is 432 g/mol. The summed E-state index contributed by atoms with van der Waals surface area (Å²) in [6, 6.07) is 12.4. The Morgan fingerprint density at radius 3 is 2.27 bits per heavy atom. The minimum Gasteiger partial charge on any atom is -0.336 e. The Morgan fingerprint density at radius 1 is 1.04 bits per heavy atom. The van der Waals surface area contributed by atoms with Crippen molar-refractivity contribution < 1.29 is 9.59 Å². The third-order valence-electron chi connectivity index (χ3n) is 3.43. The number of nitrogens with zero attached hydrogens (tertiary/aromatic N) is 1. The molecule has 0 saturated heterocycles. The van der Waals surface area contributed by atoms with Crippen LogP contribution in [0.3, 0.4) is 0 Å². The summed E-state index contributed by atoms with van der Waals surface area (Å²) in [5.74, 6) is 0.135. The molecule has 0 saturated carbocycles. The summed E-state index contributed by atoms with van der Waals surface area (Å²) in [4.78, 5) is 26.7. The second-order valence-corrected chi connectivity index (χ2v) is 7.87. The number of nitrogens with one attached hydrogen (secondary N) is 1. The number of anilines is 1. The summed E-state index contributed by atoms with van der Waals surface area (Å²) >= 11 is 19.4. The fraction of sp³-hybridized carbons (Fsp3) is 0.222. The van der Waals surface area contributed by atoms with E-state index >= 15 is 0 Å². The van der Waals surface area contributed by atoms with Crippen molar-refractivity contribution in [1.82, 2.24) is 4.90 Å². The minimum absolute atomic E-state index is 0.0774. The van der Waals surface area contributed by atoms with Crippen molar-refractivity contribution in [2.75, 3.05) is 24.7 Å². The Labute approximate surface area is 171 Å². The van der Waals surface area contributed by atoms with Crippen LogP contribution in [-0.2, 0) is 9.59 Å². The summed E-state index contributed by atoms with van der Waals surface area (Å²) in [6.07, 6.45) is 0.323. The van der Waals surface area contributed by atoms with Gasteiger partial charge < -0.3 is 10.2 Å². The summed E-state index contributed by atoms with van der Waals surface area (Å²) < 4.78 is 0. The van der Waals surface area contributed by atoms with E-state index in [1.807, 2.05) is 24.3 Å². The highest BCUT2D eigenvalue weighted by Crippen LogP contribution is 2.29. The number of rotatable bonds is 7. The van der Waals surface area contributed by atoms with E-state index in [1.54, 1.807) is 37.0 Å². The summed E-state index contributed by atoms with van der Waals surface area (Å²) in [6.45, 7) is -0.0774. The van der Waals surface area contributed by atoms with Gasteiger partial charge in [0.1, 0.15) is 0 Å². The number of likely N-dealkylation sites (N-methyl/N-ethyl adjacent to an activating group) is 1. The molecule has 138 valence electrons. The van der Waals surface area contributed by atoms with Crippen LogP contribution in [0.25, 0.3) is 0 Å². The van der Waals surface area contributed by atoms with Gasteiger partial charge in [-0.25, -0.2) is 0 Å². The van der Waals surface area contributed by atoms with E-state index in [4.69, 9.17) is 34.8 Å². The second-order valence-electron chi connectivity index (χ2n) is 5.45. The second kappa shape index (κ2) is 10.1. The number of amides is 2. The summed E-state index contributed by atoms with van der Waals surface area (Å²) in [7, 11) is 1.59. The quantitative estimate of drug-likeness (QED) is 0.611. The van der Waals surface area contributed by atoms with E-state index in [1.165, 1.54) is 4.90 Å². The first-order chi connectivity index (χ1) is 12.4. The zero-order valence-electron chi connectivity index (χ0n) is 14.0. The number of hydrogen-bond acceptors (Lipinski definition) is 3.